The first kappa shape index (κ1) is 18.0. The molecule has 0 saturated heterocycles. The van der Waals surface area contributed by atoms with Gasteiger partial charge in [-0.2, -0.15) is 5.10 Å². The predicted molar refractivity (Wildman–Crippen MR) is 96.6 cm³/mol. The SMILES string of the molecule is COc1ccc(OC(C)C(=O)NCCn2nc3c(cc2=O)CCC3)cc1. The Bertz CT molecular complexity index is 830. The molecule has 1 aromatic heterocycles. The van der Waals surface area contributed by atoms with E-state index in [1.54, 1.807) is 44.4 Å². The number of methoxy groups -OCH3 is 1. The number of benzene rings is 1. The monoisotopic (exact) mass is 357 g/mol. The minimum absolute atomic E-state index is 0.123. The van der Waals surface area contributed by atoms with E-state index >= 15 is 0 Å². The Labute approximate surface area is 151 Å². The standard InChI is InChI=1S/C19H23N3O4/c1-13(26-16-8-6-15(25-2)7-9-16)19(24)20-10-11-22-18(23)12-14-4-3-5-17(14)21-22/h6-9,12-13H,3-5,10-11H2,1-2H3,(H,20,24). The van der Waals surface area contributed by atoms with Crippen molar-refractivity contribution in [2.45, 2.75) is 38.8 Å². The van der Waals surface area contributed by atoms with E-state index in [9.17, 15) is 9.59 Å². The van der Waals surface area contributed by atoms with E-state index in [1.807, 2.05) is 0 Å². The van der Waals surface area contributed by atoms with Gasteiger partial charge in [0, 0.05) is 12.6 Å². The molecule has 1 amide bonds. The van der Waals surface area contributed by atoms with Crippen LogP contribution in [0.15, 0.2) is 35.1 Å². The van der Waals surface area contributed by atoms with E-state index in [2.05, 4.69) is 10.4 Å². The van der Waals surface area contributed by atoms with Gasteiger partial charge in [-0.05, 0) is 56.0 Å². The zero-order chi connectivity index (χ0) is 18.5. The van der Waals surface area contributed by atoms with Crippen molar-refractivity contribution in [3.63, 3.8) is 0 Å². The molecule has 2 aromatic rings. The molecule has 1 aliphatic rings. The number of aryl methyl sites for hydroxylation is 2. The topological polar surface area (TPSA) is 82.4 Å². The maximum Gasteiger partial charge on any atom is 0.267 e. The molecule has 0 fully saturated rings. The Balaban J connectivity index is 1.49. The van der Waals surface area contributed by atoms with Crippen LogP contribution in [-0.4, -0.2) is 35.4 Å². The number of nitrogens with one attached hydrogen (secondary N) is 1. The van der Waals surface area contributed by atoms with Crippen molar-refractivity contribution < 1.29 is 14.3 Å². The summed E-state index contributed by atoms with van der Waals surface area (Å²) in [5.41, 5.74) is 1.92. The van der Waals surface area contributed by atoms with Crippen LogP contribution in [0.5, 0.6) is 11.5 Å². The second-order valence-corrected chi connectivity index (χ2v) is 6.26. The van der Waals surface area contributed by atoms with Crippen molar-refractivity contribution in [2.75, 3.05) is 13.7 Å². The Morgan fingerprint density at radius 3 is 2.73 bits per heavy atom. The average molecular weight is 357 g/mol. The minimum Gasteiger partial charge on any atom is -0.497 e. The lowest BCUT2D eigenvalue weighted by atomic mass is 10.2. The molecule has 1 aromatic carbocycles. The summed E-state index contributed by atoms with van der Waals surface area (Å²) in [7, 11) is 1.59. The number of nitrogens with zero attached hydrogens (tertiary/aromatic N) is 2. The van der Waals surface area contributed by atoms with Gasteiger partial charge >= 0.3 is 0 Å². The van der Waals surface area contributed by atoms with E-state index in [1.165, 1.54) is 4.68 Å². The summed E-state index contributed by atoms with van der Waals surface area (Å²) < 4.78 is 12.1. The van der Waals surface area contributed by atoms with Crippen molar-refractivity contribution in [2.24, 2.45) is 0 Å². The summed E-state index contributed by atoms with van der Waals surface area (Å²) in [6, 6.07) is 8.69. The number of hydrogen-bond acceptors (Lipinski definition) is 5. The zero-order valence-corrected chi connectivity index (χ0v) is 15.0. The van der Waals surface area contributed by atoms with Crippen LogP contribution >= 0.6 is 0 Å². The Kier molecular flexibility index (Phi) is 5.55. The fourth-order valence-electron chi connectivity index (χ4n) is 2.94. The van der Waals surface area contributed by atoms with Crippen LogP contribution in [0.3, 0.4) is 0 Å². The van der Waals surface area contributed by atoms with E-state index in [4.69, 9.17) is 9.47 Å². The van der Waals surface area contributed by atoms with Crippen LogP contribution in [-0.2, 0) is 24.2 Å². The van der Waals surface area contributed by atoms with Crippen LogP contribution in [0.25, 0.3) is 0 Å². The van der Waals surface area contributed by atoms with Crippen LogP contribution in [0.2, 0.25) is 0 Å². The molecule has 3 rings (SSSR count). The molecule has 0 spiro atoms. The van der Waals surface area contributed by atoms with Gasteiger partial charge < -0.3 is 14.8 Å². The van der Waals surface area contributed by atoms with Gasteiger partial charge in [-0.3, -0.25) is 9.59 Å². The smallest absolute Gasteiger partial charge is 0.267 e. The lowest BCUT2D eigenvalue weighted by Gasteiger charge is -2.15. The summed E-state index contributed by atoms with van der Waals surface area (Å²) >= 11 is 0. The zero-order valence-electron chi connectivity index (χ0n) is 15.0. The van der Waals surface area contributed by atoms with Gasteiger partial charge in [-0.25, -0.2) is 4.68 Å². The fraction of sp³-hybridized carbons (Fsp3) is 0.421. The number of ether oxygens (including phenoxy) is 2. The predicted octanol–water partition coefficient (Wildman–Crippen LogP) is 1.32. The third-order valence-electron chi connectivity index (χ3n) is 4.39. The number of carbonyl (C=O) groups excluding carboxylic acids is 1. The van der Waals surface area contributed by atoms with E-state index in [0.29, 0.717) is 18.8 Å². The van der Waals surface area contributed by atoms with Gasteiger partial charge in [0.15, 0.2) is 6.10 Å². The quantitative estimate of drug-likeness (QED) is 0.808. The molecular weight excluding hydrogens is 334 g/mol. The van der Waals surface area contributed by atoms with Gasteiger partial charge in [0.1, 0.15) is 11.5 Å². The number of rotatable bonds is 7. The van der Waals surface area contributed by atoms with Gasteiger partial charge in [-0.1, -0.05) is 0 Å². The summed E-state index contributed by atoms with van der Waals surface area (Å²) in [5, 5.41) is 7.17. The van der Waals surface area contributed by atoms with Crippen LogP contribution < -0.4 is 20.3 Å². The molecule has 138 valence electrons. The average Bonchev–Trinajstić information content (AvgIpc) is 3.09. The van der Waals surface area contributed by atoms with Crippen molar-refractivity contribution in [3.8, 4) is 11.5 Å². The first-order chi connectivity index (χ1) is 12.6. The lowest BCUT2D eigenvalue weighted by molar-refractivity contribution is -0.127. The van der Waals surface area contributed by atoms with Crippen molar-refractivity contribution >= 4 is 5.91 Å². The first-order valence-electron chi connectivity index (χ1n) is 8.75. The molecule has 1 atom stereocenters. The molecule has 0 bridgehead atoms. The minimum atomic E-state index is -0.645. The molecule has 26 heavy (non-hydrogen) atoms. The van der Waals surface area contributed by atoms with Crippen LogP contribution in [0, 0.1) is 0 Å². The molecule has 0 radical (unpaired) electrons. The van der Waals surface area contributed by atoms with Gasteiger partial charge in [0.25, 0.3) is 11.5 Å². The molecular formula is C19H23N3O4. The Morgan fingerprint density at radius 1 is 1.27 bits per heavy atom. The van der Waals surface area contributed by atoms with Crippen LogP contribution in [0.1, 0.15) is 24.6 Å². The van der Waals surface area contributed by atoms with Gasteiger partial charge in [0.2, 0.25) is 0 Å². The molecule has 0 aliphatic heterocycles. The number of carbonyl (C=O) groups is 1. The highest BCUT2D eigenvalue weighted by molar-refractivity contribution is 5.80. The Hall–Kier alpha value is -2.83. The largest absolute Gasteiger partial charge is 0.497 e. The highest BCUT2D eigenvalue weighted by atomic mass is 16.5. The summed E-state index contributed by atoms with van der Waals surface area (Å²) in [4.78, 5) is 24.2. The maximum atomic E-state index is 12.2. The summed E-state index contributed by atoms with van der Waals surface area (Å²) in [6.45, 7) is 2.34. The molecule has 1 heterocycles. The number of aromatic nitrogens is 2. The maximum absolute atomic E-state index is 12.2. The first-order valence-corrected chi connectivity index (χ1v) is 8.75. The van der Waals surface area contributed by atoms with Crippen LogP contribution in [0.4, 0.5) is 0 Å². The van der Waals surface area contributed by atoms with Gasteiger partial charge in [0.05, 0.1) is 19.3 Å². The van der Waals surface area contributed by atoms with Crippen molar-refractivity contribution in [3.05, 3.63) is 51.9 Å². The highest BCUT2D eigenvalue weighted by Crippen LogP contribution is 2.18. The summed E-state index contributed by atoms with van der Waals surface area (Å²) in [6.07, 6.45) is 2.24. The van der Waals surface area contributed by atoms with Crippen molar-refractivity contribution in [1.29, 1.82) is 0 Å². The number of amides is 1. The number of fused-ring (bicyclic) bond motifs is 1. The fourth-order valence-corrected chi connectivity index (χ4v) is 2.94. The van der Waals surface area contributed by atoms with E-state index < -0.39 is 6.10 Å². The lowest BCUT2D eigenvalue weighted by Crippen LogP contribution is -2.39. The van der Waals surface area contributed by atoms with E-state index in [-0.39, 0.29) is 11.5 Å². The van der Waals surface area contributed by atoms with Gasteiger partial charge in [-0.15, -0.1) is 0 Å². The Morgan fingerprint density at radius 2 is 2.00 bits per heavy atom. The molecule has 1 N–H and O–H groups in total. The molecule has 7 heteroatoms. The van der Waals surface area contributed by atoms with E-state index in [0.717, 1.165) is 36.3 Å². The number of hydrogen-bond donors (Lipinski definition) is 1. The second-order valence-electron chi connectivity index (χ2n) is 6.26. The second kappa shape index (κ2) is 8.03. The third kappa shape index (κ3) is 4.22. The highest BCUT2D eigenvalue weighted by Gasteiger charge is 2.16. The molecule has 1 unspecified atom stereocenters. The molecule has 7 nitrogen and oxygen atoms in total. The normalized spacial score (nSPS) is 13.8. The summed E-state index contributed by atoms with van der Waals surface area (Å²) in [5.74, 6) is 1.07. The molecule has 1 aliphatic carbocycles. The van der Waals surface area contributed by atoms with Crippen molar-refractivity contribution in [1.82, 2.24) is 15.1 Å². The molecule has 0 saturated carbocycles. The third-order valence-corrected chi connectivity index (χ3v) is 4.39.